The molecule has 21 heteroatoms. The maximum Gasteiger partial charge on any atom is 0.402 e. The molecule has 0 radical (unpaired) electrons. The number of phenolic OH excluding ortho intramolecular Hbond substituents is 3. The number of halogens is 1. The highest BCUT2D eigenvalue weighted by molar-refractivity contribution is 5.89. The number of phenols is 3. The van der Waals surface area contributed by atoms with Crippen LogP contribution in [-0.2, 0) is 18.9 Å². The Balaban J connectivity index is 0.00000541. The zero-order valence-corrected chi connectivity index (χ0v) is 28.0. The Morgan fingerprint density at radius 2 is 1.26 bits per heavy atom. The molecule has 4 heterocycles. The molecule has 3 aromatic rings. The lowest BCUT2D eigenvalue weighted by molar-refractivity contribution is -0.344. The first-order chi connectivity index (χ1) is 24.7. The maximum absolute atomic E-state index is 11.1. The highest BCUT2D eigenvalue weighted by Gasteiger charge is 2.51. The number of fused-ring (bicyclic) bond motifs is 1. The Kier molecular flexibility index (Phi) is 12.7. The summed E-state index contributed by atoms with van der Waals surface area (Å²) in [6.07, 6.45) is -23.8. The number of aliphatic hydroxyl groups excluding tert-OH is 10. The van der Waals surface area contributed by atoms with Crippen molar-refractivity contribution < 1.29 is 112 Å². The fraction of sp³-hybridized carbons (Fsp3) is 0.531. The van der Waals surface area contributed by atoms with Gasteiger partial charge in [-0.1, -0.05) is 0 Å². The van der Waals surface area contributed by atoms with Gasteiger partial charge in [0.2, 0.25) is 18.3 Å². The van der Waals surface area contributed by atoms with E-state index < -0.39 is 123 Å². The largest absolute Gasteiger partial charge is 1.00 e. The number of aliphatic hydroxyl groups is 10. The molecule has 53 heavy (non-hydrogen) atoms. The minimum absolute atomic E-state index is 0. The standard InChI is InChI=1S/C32H38O20.ClH/c33-7-19-22(40)24(42)27(45)31(50-19)48-17-5-11(35)4-16-12(17)6-18(28(47-16)10-1-2-13(36)14(37)3-10)49-32-29(25(43)23(41)20(8-34)51-32)52-30-26(44)21(39)15(38)9-46-30;/h1-6,15,19-27,29-34,38-45H,7-9H2,(H2-,35,36,37);1H/t15-,19-,20-,21+,22-,23-,24+,25+,26-,27-,29-,30+,31-,32-;/m1./s1. The van der Waals surface area contributed by atoms with Crippen molar-refractivity contribution in [1.29, 1.82) is 0 Å². The van der Waals surface area contributed by atoms with Crippen LogP contribution in [-0.4, -0.2) is 172 Å². The molecule has 0 unspecified atom stereocenters. The van der Waals surface area contributed by atoms with Crippen molar-refractivity contribution in [3.05, 3.63) is 36.4 Å². The van der Waals surface area contributed by atoms with Crippen LogP contribution in [0, 0.1) is 0 Å². The second-order valence-electron chi connectivity index (χ2n) is 12.5. The molecule has 3 aliphatic heterocycles. The summed E-state index contributed by atoms with van der Waals surface area (Å²) in [5.41, 5.74) is -0.0653. The van der Waals surface area contributed by atoms with E-state index in [0.29, 0.717) is 0 Å². The molecule has 6 rings (SSSR count). The van der Waals surface area contributed by atoms with Gasteiger partial charge in [-0.05, 0) is 12.1 Å². The predicted molar refractivity (Wildman–Crippen MR) is 166 cm³/mol. The number of hydrogen-bond donors (Lipinski definition) is 13. The highest BCUT2D eigenvalue weighted by Crippen LogP contribution is 2.43. The summed E-state index contributed by atoms with van der Waals surface area (Å²) >= 11 is 0. The van der Waals surface area contributed by atoms with Gasteiger partial charge < -0.3 is 107 Å². The van der Waals surface area contributed by atoms with Gasteiger partial charge in [0, 0.05) is 18.2 Å². The van der Waals surface area contributed by atoms with E-state index in [1.165, 1.54) is 12.1 Å². The molecule has 13 N–H and O–H groups in total. The molecule has 0 spiro atoms. The molecular formula is C32H39ClO20. The summed E-state index contributed by atoms with van der Waals surface area (Å²) in [4.78, 5) is 0. The molecule has 0 amide bonds. The average Bonchev–Trinajstić information content (AvgIpc) is 3.12. The van der Waals surface area contributed by atoms with E-state index in [0.717, 1.165) is 24.3 Å². The van der Waals surface area contributed by atoms with Gasteiger partial charge in [-0.25, -0.2) is 4.42 Å². The third kappa shape index (κ3) is 8.03. The van der Waals surface area contributed by atoms with Gasteiger partial charge in [0.05, 0.1) is 31.5 Å². The van der Waals surface area contributed by atoms with Crippen LogP contribution in [0.2, 0.25) is 0 Å². The van der Waals surface area contributed by atoms with Gasteiger partial charge in [0.1, 0.15) is 77.9 Å². The Bertz CT molecular complexity index is 1710. The molecule has 3 saturated heterocycles. The third-order valence-electron chi connectivity index (χ3n) is 8.94. The Morgan fingerprint density at radius 1 is 0.642 bits per heavy atom. The smallest absolute Gasteiger partial charge is 0.402 e. The quantitative estimate of drug-likeness (QED) is 0.0709. The summed E-state index contributed by atoms with van der Waals surface area (Å²) in [5, 5.41) is 134. The predicted octanol–water partition coefficient (Wildman–Crippen LogP) is -6.68. The van der Waals surface area contributed by atoms with E-state index in [4.69, 9.17) is 32.8 Å². The zero-order chi connectivity index (χ0) is 37.6. The van der Waals surface area contributed by atoms with E-state index in [9.17, 15) is 66.4 Å². The van der Waals surface area contributed by atoms with Crippen LogP contribution < -0.4 is 21.9 Å². The lowest BCUT2D eigenvalue weighted by Gasteiger charge is -2.44. The second kappa shape index (κ2) is 16.5. The second-order valence-corrected chi connectivity index (χ2v) is 12.5. The van der Waals surface area contributed by atoms with Crippen molar-refractivity contribution in [3.63, 3.8) is 0 Å². The zero-order valence-electron chi connectivity index (χ0n) is 27.2. The van der Waals surface area contributed by atoms with E-state index in [1.54, 1.807) is 0 Å². The minimum Gasteiger partial charge on any atom is -1.00 e. The van der Waals surface area contributed by atoms with Crippen molar-refractivity contribution in [2.75, 3.05) is 19.8 Å². The summed E-state index contributed by atoms with van der Waals surface area (Å²) in [6, 6.07) is 6.98. The van der Waals surface area contributed by atoms with Crippen molar-refractivity contribution in [2.45, 2.75) is 86.0 Å². The van der Waals surface area contributed by atoms with Crippen molar-refractivity contribution >= 4 is 11.0 Å². The molecule has 1 aromatic heterocycles. The van der Waals surface area contributed by atoms with Gasteiger partial charge in [-0.15, -0.1) is 0 Å². The number of hydrogen-bond acceptors (Lipinski definition) is 19. The molecule has 20 nitrogen and oxygen atoms in total. The van der Waals surface area contributed by atoms with Gasteiger partial charge >= 0.3 is 11.3 Å². The van der Waals surface area contributed by atoms with Crippen LogP contribution in [0.5, 0.6) is 28.7 Å². The van der Waals surface area contributed by atoms with Crippen LogP contribution in [0.25, 0.3) is 22.3 Å². The first-order valence-electron chi connectivity index (χ1n) is 16.0. The average molecular weight is 779 g/mol. The lowest BCUT2D eigenvalue weighted by atomic mass is 9.98. The highest BCUT2D eigenvalue weighted by atomic mass is 35.5. The van der Waals surface area contributed by atoms with E-state index in [2.05, 4.69) is 0 Å². The summed E-state index contributed by atoms with van der Waals surface area (Å²) < 4.78 is 40.3. The molecule has 0 saturated carbocycles. The molecule has 0 bridgehead atoms. The fourth-order valence-electron chi connectivity index (χ4n) is 5.99. The first kappa shape index (κ1) is 40.8. The van der Waals surface area contributed by atoms with E-state index in [1.807, 2.05) is 0 Å². The molecule has 14 atom stereocenters. The van der Waals surface area contributed by atoms with Crippen LogP contribution in [0.4, 0.5) is 0 Å². The summed E-state index contributed by atoms with van der Waals surface area (Å²) in [7, 11) is 0. The topological polar surface area (TPSA) is 330 Å². The Morgan fingerprint density at radius 3 is 1.92 bits per heavy atom. The van der Waals surface area contributed by atoms with Crippen LogP contribution >= 0.6 is 0 Å². The summed E-state index contributed by atoms with van der Waals surface area (Å²) in [5.74, 6) is -2.30. The Hall–Kier alpha value is -3.42. The maximum atomic E-state index is 11.1. The normalized spacial score (nSPS) is 36.1. The fourth-order valence-corrected chi connectivity index (χ4v) is 5.99. The van der Waals surface area contributed by atoms with Crippen molar-refractivity contribution in [1.82, 2.24) is 0 Å². The van der Waals surface area contributed by atoms with Gasteiger partial charge in [-0.3, -0.25) is 0 Å². The van der Waals surface area contributed by atoms with Crippen LogP contribution in [0.15, 0.2) is 40.8 Å². The van der Waals surface area contributed by atoms with E-state index >= 15 is 0 Å². The van der Waals surface area contributed by atoms with Crippen LogP contribution in [0.3, 0.4) is 0 Å². The minimum atomic E-state index is -1.89. The SMILES string of the molecule is OC[C@H]1O[C@@H](Oc2cc(O)cc3[o+]c(-c4ccc(O)c(O)c4)c(O[C@@H]4O[C@H](CO)[C@@H](O)[C@H](O)[C@H]4O[C@@H]4OC[C@@H](O)[C@H](O)[C@H]4O)cc23)[C@H](O)[C@@H](O)[C@@H]1O.[Cl-]. The van der Waals surface area contributed by atoms with Gasteiger partial charge in [0.15, 0.2) is 23.9 Å². The monoisotopic (exact) mass is 778 g/mol. The molecule has 3 aliphatic rings. The van der Waals surface area contributed by atoms with Gasteiger partial charge in [0.25, 0.3) is 0 Å². The van der Waals surface area contributed by atoms with Crippen molar-refractivity contribution in [2.24, 2.45) is 0 Å². The number of aromatic hydroxyl groups is 3. The molecule has 2 aromatic carbocycles. The molecule has 0 aliphatic carbocycles. The molecular weight excluding hydrogens is 740 g/mol. The van der Waals surface area contributed by atoms with Gasteiger partial charge in [-0.2, -0.15) is 0 Å². The molecule has 3 fully saturated rings. The molecule has 294 valence electrons. The lowest BCUT2D eigenvalue weighted by Crippen LogP contribution is -3.00. The number of ether oxygens (including phenoxy) is 6. The van der Waals surface area contributed by atoms with E-state index in [-0.39, 0.29) is 46.2 Å². The third-order valence-corrected chi connectivity index (χ3v) is 8.94. The Labute approximate surface area is 304 Å². The van der Waals surface area contributed by atoms with Crippen molar-refractivity contribution in [3.8, 4) is 40.1 Å². The number of rotatable bonds is 9. The van der Waals surface area contributed by atoms with Crippen LogP contribution in [0.1, 0.15) is 0 Å². The number of benzene rings is 2. The first-order valence-corrected chi connectivity index (χ1v) is 16.0. The summed E-state index contributed by atoms with van der Waals surface area (Å²) in [6.45, 7) is -2.07.